The van der Waals surface area contributed by atoms with E-state index in [1.807, 2.05) is 6.07 Å². The van der Waals surface area contributed by atoms with Crippen LogP contribution in [0.5, 0.6) is 5.88 Å². The van der Waals surface area contributed by atoms with E-state index in [4.69, 9.17) is 4.74 Å². The Kier molecular flexibility index (Phi) is 4.42. The Morgan fingerprint density at radius 1 is 1.32 bits per heavy atom. The van der Waals surface area contributed by atoms with Gasteiger partial charge in [-0.15, -0.1) is 0 Å². The number of nitrogens with one attached hydrogen (secondary N) is 1. The molecule has 0 saturated carbocycles. The molecule has 6 heteroatoms. The molecule has 1 aliphatic rings. The number of nitrogens with zero attached hydrogens (tertiary/aromatic N) is 1. The Morgan fingerprint density at radius 2 is 2.16 bits per heavy atom. The van der Waals surface area contributed by atoms with Crippen molar-refractivity contribution < 1.29 is 17.9 Å². The van der Waals surface area contributed by atoms with Crippen LogP contribution < -0.4 is 10.1 Å². The van der Waals surface area contributed by atoms with Gasteiger partial charge in [-0.05, 0) is 30.2 Å². The van der Waals surface area contributed by atoms with Crippen LogP contribution in [-0.4, -0.2) is 30.9 Å². The average molecular weight is 272 g/mol. The third-order valence-corrected chi connectivity index (χ3v) is 2.81. The number of hydrogen-bond donors (Lipinski definition) is 1. The molecule has 2 heterocycles. The molecular formula is C13H15F3N2O. The first kappa shape index (κ1) is 13.9. The second-order valence-electron chi connectivity index (χ2n) is 4.28. The van der Waals surface area contributed by atoms with Gasteiger partial charge in [0, 0.05) is 18.8 Å². The lowest BCUT2D eigenvalue weighted by molar-refractivity contribution is -0.139. The van der Waals surface area contributed by atoms with Crippen LogP contribution in [0.15, 0.2) is 24.4 Å². The van der Waals surface area contributed by atoms with Crippen LogP contribution in [0, 0.1) is 0 Å². The standard InChI is InChI=1S/C13H15F3N2O/c14-13(15,16)5-8-19-12-2-1-11(9-18-12)10-3-6-17-7-4-10/h1-3,9,17H,4-8H2. The van der Waals surface area contributed by atoms with Gasteiger partial charge in [0.05, 0.1) is 13.0 Å². The van der Waals surface area contributed by atoms with E-state index in [1.165, 1.54) is 5.57 Å². The first-order valence-electron chi connectivity index (χ1n) is 6.10. The Hall–Kier alpha value is -1.56. The molecule has 1 aromatic rings. The number of aromatic nitrogens is 1. The first-order chi connectivity index (χ1) is 9.04. The molecule has 1 N–H and O–H groups in total. The highest BCUT2D eigenvalue weighted by Gasteiger charge is 2.26. The van der Waals surface area contributed by atoms with Gasteiger partial charge in [-0.3, -0.25) is 0 Å². The highest BCUT2D eigenvalue weighted by Crippen LogP contribution is 2.22. The van der Waals surface area contributed by atoms with E-state index in [0.717, 1.165) is 25.1 Å². The predicted octanol–water partition coefficient (Wildman–Crippen LogP) is 2.79. The molecule has 2 rings (SSSR count). The molecule has 0 atom stereocenters. The highest BCUT2D eigenvalue weighted by atomic mass is 19.4. The predicted molar refractivity (Wildman–Crippen MR) is 65.9 cm³/mol. The molecule has 0 bridgehead atoms. The zero-order valence-electron chi connectivity index (χ0n) is 10.3. The maximum absolute atomic E-state index is 12.0. The molecule has 0 amide bonds. The lowest BCUT2D eigenvalue weighted by Crippen LogP contribution is -2.20. The maximum atomic E-state index is 12.0. The van der Waals surface area contributed by atoms with Gasteiger partial charge < -0.3 is 10.1 Å². The molecule has 0 aromatic carbocycles. The molecule has 104 valence electrons. The molecule has 1 aromatic heterocycles. The third-order valence-electron chi connectivity index (χ3n) is 2.81. The summed E-state index contributed by atoms with van der Waals surface area (Å²) in [6.45, 7) is 1.36. The van der Waals surface area contributed by atoms with Crippen molar-refractivity contribution >= 4 is 5.57 Å². The molecule has 0 aliphatic carbocycles. The van der Waals surface area contributed by atoms with Crippen molar-refractivity contribution in [2.75, 3.05) is 19.7 Å². The van der Waals surface area contributed by atoms with Crippen molar-refractivity contribution in [3.05, 3.63) is 30.0 Å². The minimum Gasteiger partial charge on any atom is -0.477 e. The third kappa shape index (κ3) is 4.55. The molecule has 0 unspecified atom stereocenters. The summed E-state index contributed by atoms with van der Waals surface area (Å²) in [4.78, 5) is 4.02. The van der Waals surface area contributed by atoms with E-state index in [-0.39, 0.29) is 5.88 Å². The molecule has 1 aliphatic heterocycles. The van der Waals surface area contributed by atoms with Crippen LogP contribution in [0.4, 0.5) is 13.2 Å². The van der Waals surface area contributed by atoms with E-state index < -0.39 is 19.2 Å². The fraction of sp³-hybridized carbons (Fsp3) is 0.462. The van der Waals surface area contributed by atoms with Gasteiger partial charge in [-0.2, -0.15) is 13.2 Å². The molecule has 0 radical (unpaired) electrons. The number of ether oxygens (including phenoxy) is 1. The number of halogens is 3. The topological polar surface area (TPSA) is 34.1 Å². The quantitative estimate of drug-likeness (QED) is 0.915. The zero-order chi connectivity index (χ0) is 13.7. The van der Waals surface area contributed by atoms with Crippen molar-refractivity contribution in [1.29, 1.82) is 0 Å². The van der Waals surface area contributed by atoms with E-state index >= 15 is 0 Å². The van der Waals surface area contributed by atoms with E-state index in [2.05, 4.69) is 16.4 Å². The zero-order valence-corrected chi connectivity index (χ0v) is 10.3. The van der Waals surface area contributed by atoms with Crippen molar-refractivity contribution in [3.8, 4) is 5.88 Å². The summed E-state index contributed by atoms with van der Waals surface area (Å²) < 4.78 is 40.8. The maximum Gasteiger partial charge on any atom is 0.392 e. The Balaban J connectivity index is 1.89. The van der Waals surface area contributed by atoms with Crippen molar-refractivity contribution in [3.63, 3.8) is 0 Å². The van der Waals surface area contributed by atoms with Crippen LogP contribution in [0.3, 0.4) is 0 Å². The Morgan fingerprint density at radius 3 is 2.74 bits per heavy atom. The summed E-state index contributed by atoms with van der Waals surface area (Å²) in [5, 5.41) is 3.21. The Labute approximate surface area is 109 Å². The summed E-state index contributed by atoms with van der Waals surface area (Å²) in [6, 6.07) is 3.43. The van der Waals surface area contributed by atoms with Gasteiger partial charge in [0.15, 0.2) is 0 Å². The summed E-state index contributed by atoms with van der Waals surface area (Å²) in [5.41, 5.74) is 2.19. The second-order valence-corrected chi connectivity index (χ2v) is 4.28. The number of pyridine rings is 1. The van der Waals surface area contributed by atoms with Gasteiger partial charge in [0.25, 0.3) is 0 Å². The van der Waals surface area contributed by atoms with E-state index in [0.29, 0.717) is 0 Å². The largest absolute Gasteiger partial charge is 0.477 e. The molecular weight excluding hydrogens is 257 g/mol. The van der Waals surface area contributed by atoms with Crippen LogP contribution in [-0.2, 0) is 0 Å². The molecule has 19 heavy (non-hydrogen) atoms. The first-order valence-corrected chi connectivity index (χ1v) is 6.10. The summed E-state index contributed by atoms with van der Waals surface area (Å²) in [6.07, 6.45) is -0.506. The summed E-state index contributed by atoms with van der Waals surface area (Å²) >= 11 is 0. The smallest absolute Gasteiger partial charge is 0.392 e. The summed E-state index contributed by atoms with van der Waals surface area (Å²) in [5.74, 6) is 0.225. The molecule has 0 spiro atoms. The number of hydrogen-bond acceptors (Lipinski definition) is 3. The van der Waals surface area contributed by atoms with Gasteiger partial charge in [-0.1, -0.05) is 6.08 Å². The highest BCUT2D eigenvalue weighted by molar-refractivity contribution is 5.66. The van der Waals surface area contributed by atoms with Gasteiger partial charge >= 0.3 is 6.18 Å². The molecule has 0 saturated heterocycles. The minimum atomic E-state index is -4.19. The van der Waals surface area contributed by atoms with E-state index in [1.54, 1.807) is 12.3 Å². The second kappa shape index (κ2) is 6.06. The fourth-order valence-electron chi connectivity index (χ4n) is 1.81. The number of alkyl halides is 3. The van der Waals surface area contributed by atoms with Gasteiger partial charge in [0.1, 0.15) is 0 Å². The molecule has 3 nitrogen and oxygen atoms in total. The lowest BCUT2D eigenvalue weighted by atomic mass is 10.0. The number of rotatable bonds is 4. The fourth-order valence-corrected chi connectivity index (χ4v) is 1.81. The normalized spacial score (nSPS) is 16.1. The van der Waals surface area contributed by atoms with E-state index in [9.17, 15) is 13.2 Å². The monoisotopic (exact) mass is 272 g/mol. The van der Waals surface area contributed by atoms with Crippen LogP contribution in [0.2, 0.25) is 0 Å². The van der Waals surface area contributed by atoms with Crippen molar-refractivity contribution in [2.24, 2.45) is 0 Å². The lowest BCUT2D eigenvalue weighted by Gasteiger charge is -2.14. The van der Waals surface area contributed by atoms with Crippen LogP contribution >= 0.6 is 0 Å². The average Bonchev–Trinajstić information content (AvgIpc) is 2.39. The van der Waals surface area contributed by atoms with Crippen molar-refractivity contribution in [1.82, 2.24) is 10.3 Å². The van der Waals surface area contributed by atoms with Gasteiger partial charge in [0.2, 0.25) is 5.88 Å². The van der Waals surface area contributed by atoms with Crippen LogP contribution in [0.25, 0.3) is 5.57 Å². The Bertz CT molecular complexity index is 440. The van der Waals surface area contributed by atoms with Gasteiger partial charge in [-0.25, -0.2) is 4.98 Å². The van der Waals surface area contributed by atoms with Crippen LogP contribution in [0.1, 0.15) is 18.4 Å². The van der Waals surface area contributed by atoms with Crippen molar-refractivity contribution in [2.45, 2.75) is 19.0 Å². The molecule has 0 fully saturated rings. The SMILES string of the molecule is FC(F)(F)CCOc1ccc(C2=CCNCC2)cn1. The summed E-state index contributed by atoms with van der Waals surface area (Å²) in [7, 11) is 0. The minimum absolute atomic E-state index is 0.225.